The minimum atomic E-state index is -1.45. The third-order valence-electron chi connectivity index (χ3n) is 6.28. The van der Waals surface area contributed by atoms with Crippen molar-refractivity contribution in [2.45, 2.75) is 36.8 Å². The lowest BCUT2D eigenvalue weighted by atomic mass is 9.64. The van der Waals surface area contributed by atoms with E-state index in [0.29, 0.717) is 22.6 Å². The fourth-order valence-electron chi connectivity index (χ4n) is 5.09. The molecule has 0 amide bonds. The van der Waals surface area contributed by atoms with E-state index in [9.17, 15) is 25.0 Å². The zero-order chi connectivity index (χ0) is 22.2. The monoisotopic (exact) mass is 426 g/mol. The van der Waals surface area contributed by atoms with Gasteiger partial charge >= 0.3 is 0 Å². The number of ether oxygens (including phenoxy) is 2. The van der Waals surface area contributed by atoms with E-state index < -0.39 is 33.3 Å². The molecular formula is C22H22N2O7. The molecule has 2 aromatic carbocycles. The van der Waals surface area contributed by atoms with Crippen molar-refractivity contribution >= 4 is 5.78 Å². The Bertz CT molecular complexity index is 1020. The number of nitrogens with zero attached hydrogens (tertiary/aromatic N) is 2. The Morgan fingerprint density at radius 2 is 1.84 bits per heavy atom. The highest BCUT2D eigenvalue weighted by Crippen LogP contribution is 2.50. The lowest BCUT2D eigenvalue weighted by Crippen LogP contribution is -2.61. The first-order valence-electron chi connectivity index (χ1n) is 10.0. The van der Waals surface area contributed by atoms with Gasteiger partial charge in [0.2, 0.25) is 6.54 Å². The second-order valence-electron chi connectivity index (χ2n) is 8.19. The summed E-state index contributed by atoms with van der Waals surface area (Å²) in [6, 6.07) is 12.3. The van der Waals surface area contributed by atoms with Crippen molar-refractivity contribution in [2.75, 3.05) is 13.7 Å². The quantitative estimate of drug-likeness (QED) is 0.529. The number of benzene rings is 2. The average molecular weight is 426 g/mol. The molecule has 1 fully saturated rings. The molecule has 9 heteroatoms. The maximum Gasteiger partial charge on any atom is 0.259 e. The number of methoxy groups -OCH3 is 1. The van der Waals surface area contributed by atoms with Gasteiger partial charge in [0.1, 0.15) is 11.5 Å². The van der Waals surface area contributed by atoms with Gasteiger partial charge in [-0.05, 0) is 36.2 Å². The van der Waals surface area contributed by atoms with E-state index in [-0.39, 0.29) is 31.6 Å². The molecule has 0 bridgehead atoms. The standard InChI is InChI=1S/C22H22N2O7/c1-30-16-8-6-15(7-9-16)18-10-14(13-23(26)27)11-22(21(18)24(28)29)12-19(25)17-4-2-3-5-20(17)31-22/h2-9,14,18,21H,10-13H2,1H3. The normalized spacial score (nSPS) is 27.3. The predicted molar refractivity (Wildman–Crippen MR) is 110 cm³/mol. The number of fused-ring (bicyclic) bond motifs is 1. The zero-order valence-electron chi connectivity index (χ0n) is 16.9. The highest BCUT2D eigenvalue weighted by Gasteiger charge is 2.61. The predicted octanol–water partition coefficient (Wildman–Crippen LogP) is 3.52. The number of para-hydroxylation sites is 1. The molecule has 0 N–H and O–H groups in total. The van der Waals surface area contributed by atoms with Crippen molar-refractivity contribution in [3.63, 3.8) is 0 Å². The molecule has 9 nitrogen and oxygen atoms in total. The minimum absolute atomic E-state index is 0.0757. The fourth-order valence-corrected chi connectivity index (χ4v) is 5.09. The molecule has 4 unspecified atom stereocenters. The molecule has 1 aliphatic carbocycles. The SMILES string of the molecule is COc1ccc(C2CC(C[N+](=O)[O-])CC3(CC(=O)c4ccccc4O3)C2[N+](=O)[O-])cc1. The first kappa shape index (κ1) is 20.8. The van der Waals surface area contributed by atoms with Gasteiger partial charge in [-0.1, -0.05) is 24.3 Å². The van der Waals surface area contributed by atoms with Crippen LogP contribution in [0, 0.1) is 26.1 Å². The second-order valence-corrected chi connectivity index (χ2v) is 8.19. The molecule has 0 saturated heterocycles. The van der Waals surface area contributed by atoms with Crippen LogP contribution in [0.3, 0.4) is 0 Å². The lowest BCUT2D eigenvalue weighted by molar-refractivity contribution is -0.555. The Kier molecular flexibility index (Phi) is 5.34. The average Bonchev–Trinajstić information content (AvgIpc) is 2.72. The first-order valence-corrected chi connectivity index (χ1v) is 10.0. The van der Waals surface area contributed by atoms with Gasteiger partial charge in [0.25, 0.3) is 6.04 Å². The number of hydrogen-bond acceptors (Lipinski definition) is 7. The zero-order valence-corrected chi connectivity index (χ0v) is 16.9. The maximum absolute atomic E-state index is 12.9. The Balaban J connectivity index is 1.81. The molecule has 1 aliphatic heterocycles. The van der Waals surface area contributed by atoms with Gasteiger partial charge in [-0.25, -0.2) is 0 Å². The second kappa shape index (κ2) is 7.98. The number of ketones is 1. The highest BCUT2D eigenvalue weighted by molar-refractivity contribution is 6.00. The number of carbonyl (C=O) groups is 1. The van der Waals surface area contributed by atoms with E-state index in [1.807, 2.05) is 0 Å². The highest BCUT2D eigenvalue weighted by atomic mass is 16.6. The van der Waals surface area contributed by atoms with E-state index in [4.69, 9.17) is 9.47 Å². The number of carbonyl (C=O) groups excluding carboxylic acids is 1. The maximum atomic E-state index is 12.9. The van der Waals surface area contributed by atoms with Crippen LogP contribution >= 0.6 is 0 Å². The van der Waals surface area contributed by atoms with E-state index in [0.717, 1.165) is 0 Å². The summed E-state index contributed by atoms with van der Waals surface area (Å²) in [5.74, 6) is -0.453. The van der Waals surface area contributed by atoms with E-state index >= 15 is 0 Å². The van der Waals surface area contributed by atoms with Crippen molar-refractivity contribution in [3.8, 4) is 11.5 Å². The molecule has 1 saturated carbocycles. The molecular weight excluding hydrogens is 404 g/mol. The van der Waals surface area contributed by atoms with E-state index in [2.05, 4.69) is 0 Å². The van der Waals surface area contributed by atoms with Crippen LogP contribution in [0.5, 0.6) is 11.5 Å². The Labute approximate surface area is 178 Å². The summed E-state index contributed by atoms with van der Waals surface area (Å²) < 4.78 is 11.4. The van der Waals surface area contributed by atoms with Crippen LogP contribution in [0.4, 0.5) is 0 Å². The number of Topliss-reactive ketones (excluding diaryl/α,β-unsaturated/α-hetero) is 1. The molecule has 4 atom stereocenters. The van der Waals surface area contributed by atoms with Gasteiger partial charge in [-0.15, -0.1) is 0 Å². The molecule has 4 rings (SSSR count). The molecule has 1 heterocycles. The first-order chi connectivity index (χ1) is 14.8. The van der Waals surface area contributed by atoms with Crippen LogP contribution in [0.25, 0.3) is 0 Å². The van der Waals surface area contributed by atoms with Crippen LogP contribution in [0.1, 0.15) is 41.1 Å². The van der Waals surface area contributed by atoms with Gasteiger partial charge < -0.3 is 9.47 Å². The molecule has 2 aromatic rings. The van der Waals surface area contributed by atoms with Crippen molar-refractivity contribution in [1.82, 2.24) is 0 Å². The van der Waals surface area contributed by atoms with Crippen LogP contribution in [-0.4, -0.2) is 40.9 Å². The Morgan fingerprint density at radius 1 is 1.13 bits per heavy atom. The summed E-state index contributed by atoms with van der Waals surface area (Å²) in [6.07, 6.45) is 0.156. The number of nitro groups is 2. The molecule has 162 valence electrons. The summed E-state index contributed by atoms with van der Waals surface area (Å²) in [5.41, 5.74) is -0.393. The Hall–Kier alpha value is -3.49. The molecule has 0 radical (unpaired) electrons. The third-order valence-corrected chi connectivity index (χ3v) is 6.28. The van der Waals surface area contributed by atoms with Gasteiger partial charge in [-0.3, -0.25) is 25.0 Å². The van der Waals surface area contributed by atoms with Crippen molar-refractivity contribution in [2.24, 2.45) is 5.92 Å². The molecule has 1 spiro atoms. The number of rotatable bonds is 5. The fraction of sp³-hybridized carbons (Fsp3) is 0.409. The van der Waals surface area contributed by atoms with Gasteiger partial charge in [0, 0.05) is 22.2 Å². The Morgan fingerprint density at radius 3 is 2.48 bits per heavy atom. The van der Waals surface area contributed by atoms with E-state index in [1.165, 1.54) is 7.11 Å². The summed E-state index contributed by atoms with van der Waals surface area (Å²) >= 11 is 0. The molecule has 0 aromatic heterocycles. The molecule has 31 heavy (non-hydrogen) atoms. The minimum Gasteiger partial charge on any atom is -0.497 e. The van der Waals surface area contributed by atoms with Crippen LogP contribution in [0.15, 0.2) is 48.5 Å². The van der Waals surface area contributed by atoms with Crippen LogP contribution in [-0.2, 0) is 0 Å². The number of hydrogen-bond donors (Lipinski definition) is 0. The summed E-state index contributed by atoms with van der Waals surface area (Å²) in [6.45, 7) is -0.335. The summed E-state index contributed by atoms with van der Waals surface area (Å²) in [7, 11) is 1.52. The van der Waals surface area contributed by atoms with Crippen molar-refractivity contribution < 1.29 is 24.1 Å². The largest absolute Gasteiger partial charge is 0.497 e. The van der Waals surface area contributed by atoms with Gasteiger partial charge in [0.05, 0.1) is 25.0 Å². The van der Waals surface area contributed by atoms with Gasteiger partial charge in [0.15, 0.2) is 11.4 Å². The summed E-state index contributed by atoms with van der Waals surface area (Å²) in [5, 5.41) is 23.6. The smallest absolute Gasteiger partial charge is 0.259 e. The van der Waals surface area contributed by atoms with Crippen LogP contribution < -0.4 is 9.47 Å². The van der Waals surface area contributed by atoms with Crippen LogP contribution in [0.2, 0.25) is 0 Å². The van der Waals surface area contributed by atoms with Crippen molar-refractivity contribution in [3.05, 3.63) is 79.9 Å². The van der Waals surface area contributed by atoms with Crippen molar-refractivity contribution in [1.29, 1.82) is 0 Å². The molecule has 2 aliphatic rings. The lowest BCUT2D eigenvalue weighted by Gasteiger charge is -2.46. The summed E-state index contributed by atoms with van der Waals surface area (Å²) in [4.78, 5) is 35.8. The topological polar surface area (TPSA) is 122 Å². The van der Waals surface area contributed by atoms with Gasteiger partial charge in [-0.2, -0.15) is 0 Å². The van der Waals surface area contributed by atoms with E-state index in [1.54, 1.807) is 48.5 Å². The third kappa shape index (κ3) is 3.83.